The van der Waals surface area contributed by atoms with Crippen molar-refractivity contribution in [2.45, 2.75) is 82.8 Å². The molecule has 4 saturated carbocycles. The first-order valence-electron chi connectivity index (χ1n) is 9.88. The average Bonchev–Trinajstić information content (AvgIpc) is 2.44. The number of benzene rings is 1. The summed E-state index contributed by atoms with van der Waals surface area (Å²) in [6, 6.07) is 9.91. The van der Waals surface area contributed by atoms with E-state index in [1.54, 1.807) is 0 Å². The van der Waals surface area contributed by atoms with Crippen LogP contribution in [0.4, 0.5) is 0 Å². The molecule has 4 heteroatoms. The zero-order valence-corrected chi connectivity index (χ0v) is 21.2. The molecule has 0 aromatic heterocycles. The third-order valence-electron chi connectivity index (χ3n) is 7.60. The number of hydrogen-bond acceptors (Lipinski definition) is 1. The molecule has 0 saturated heterocycles. The van der Waals surface area contributed by atoms with Crippen LogP contribution in [0, 0.1) is 23.8 Å². The Morgan fingerprint density at radius 3 is 2.00 bits per heavy atom. The minimum atomic E-state index is -1.81. The molecular formula is C22H33BrMgOSi. The molecule has 0 radical (unpaired) electrons. The fraction of sp³-hybridized carbons (Fsp3) is 0.727. The third kappa shape index (κ3) is 3.95. The molecular weight excluding hydrogens is 413 g/mol. The van der Waals surface area contributed by atoms with Crippen molar-refractivity contribution < 1.29 is 21.4 Å². The summed E-state index contributed by atoms with van der Waals surface area (Å²) < 4.78 is 6.81. The second-order valence-electron chi connectivity index (χ2n) is 10.5. The zero-order chi connectivity index (χ0) is 17.2. The van der Waals surface area contributed by atoms with Crippen LogP contribution in [0.15, 0.2) is 18.2 Å². The van der Waals surface area contributed by atoms with Gasteiger partial charge in [0.2, 0.25) is 8.32 Å². The predicted octanol–water partition coefficient (Wildman–Crippen LogP) is 2.96. The SMILES string of the molecule is CC(C)(C)[Si](C)(C)Oc1cc[c-]cc1C12CC3CC(CC(C3)C1)C2.[Br-].[Mg+2]. The maximum absolute atomic E-state index is 6.81. The van der Waals surface area contributed by atoms with E-state index in [0.29, 0.717) is 5.41 Å². The van der Waals surface area contributed by atoms with E-state index in [2.05, 4.69) is 52.1 Å². The first kappa shape index (κ1) is 22.8. The zero-order valence-electron chi connectivity index (χ0n) is 17.2. The molecule has 4 aliphatic carbocycles. The molecule has 0 spiro atoms. The maximum Gasteiger partial charge on any atom is 2.00 e. The summed E-state index contributed by atoms with van der Waals surface area (Å²) in [4.78, 5) is 0. The molecule has 0 N–H and O–H groups in total. The number of hydrogen-bond donors (Lipinski definition) is 0. The molecule has 0 atom stereocenters. The first-order valence-corrected chi connectivity index (χ1v) is 12.8. The van der Waals surface area contributed by atoms with Gasteiger partial charge in [0.05, 0.1) is 0 Å². The Bertz CT molecular complexity index is 602. The summed E-state index contributed by atoms with van der Waals surface area (Å²) in [7, 11) is -1.81. The first-order chi connectivity index (χ1) is 11.2. The normalized spacial score (nSPS) is 32.6. The van der Waals surface area contributed by atoms with E-state index in [1.165, 1.54) is 49.8 Å². The van der Waals surface area contributed by atoms with Crippen LogP contribution in [0.2, 0.25) is 18.1 Å². The van der Waals surface area contributed by atoms with Crippen LogP contribution < -0.4 is 21.4 Å². The molecule has 4 aliphatic rings. The molecule has 4 fully saturated rings. The van der Waals surface area contributed by atoms with Crippen molar-refractivity contribution in [3.05, 3.63) is 29.8 Å². The van der Waals surface area contributed by atoms with Gasteiger partial charge in [-0.2, -0.15) is 18.2 Å². The van der Waals surface area contributed by atoms with E-state index in [9.17, 15) is 0 Å². The van der Waals surface area contributed by atoms with Gasteiger partial charge in [-0.15, -0.1) is 11.6 Å². The Morgan fingerprint density at radius 1 is 1.04 bits per heavy atom. The molecule has 1 nitrogen and oxygen atoms in total. The Labute approximate surface area is 188 Å². The molecule has 1 aromatic carbocycles. The minimum absolute atomic E-state index is 0. The Balaban J connectivity index is 0.00000121. The Hall–Kier alpha value is 0.483. The van der Waals surface area contributed by atoms with E-state index >= 15 is 0 Å². The van der Waals surface area contributed by atoms with Crippen LogP contribution in [0.1, 0.15) is 64.9 Å². The second-order valence-corrected chi connectivity index (χ2v) is 15.2. The van der Waals surface area contributed by atoms with Crippen LogP contribution in [0.3, 0.4) is 0 Å². The van der Waals surface area contributed by atoms with E-state index < -0.39 is 8.32 Å². The van der Waals surface area contributed by atoms with Gasteiger partial charge in [-0.05, 0) is 66.3 Å². The van der Waals surface area contributed by atoms with Crippen molar-refractivity contribution in [3.63, 3.8) is 0 Å². The smallest absolute Gasteiger partial charge is 1.00 e. The van der Waals surface area contributed by atoms with Crippen LogP contribution in [0.5, 0.6) is 5.75 Å². The van der Waals surface area contributed by atoms with Crippen molar-refractivity contribution in [3.8, 4) is 5.75 Å². The van der Waals surface area contributed by atoms with E-state index in [4.69, 9.17) is 4.43 Å². The van der Waals surface area contributed by atoms with Crippen molar-refractivity contribution in [1.82, 2.24) is 0 Å². The predicted molar refractivity (Wildman–Crippen MR) is 109 cm³/mol. The Morgan fingerprint density at radius 2 is 1.54 bits per heavy atom. The van der Waals surface area contributed by atoms with Crippen LogP contribution in [-0.2, 0) is 5.41 Å². The van der Waals surface area contributed by atoms with E-state index in [-0.39, 0.29) is 45.1 Å². The monoisotopic (exact) mass is 444 g/mol. The molecule has 0 aliphatic heterocycles. The summed E-state index contributed by atoms with van der Waals surface area (Å²) in [6.45, 7) is 11.7. The van der Waals surface area contributed by atoms with Gasteiger partial charge >= 0.3 is 23.1 Å². The number of rotatable bonds is 3. The molecule has 0 unspecified atom stereocenters. The largest absolute Gasteiger partial charge is 2.00 e. The Kier molecular flexibility index (Phi) is 6.76. The topological polar surface area (TPSA) is 9.23 Å². The standard InChI is InChI=1S/C22H33OSi.BrH.Mg/c1-21(2,3)24(4,5)23-20-9-7-6-8-19(20)22-13-16-10-17(14-22)12-18(11-16)15-22;;/h7-9,16-18H,10-15H2,1-5H3;1H;/q-1;;+2/p-1. The maximum atomic E-state index is 6.81. The summed E-state index contributed by atoms with van der Waals surface area (Å²) in [5, 5.41) is 0.241. The average molecular weight is 446 g/mol. The van der Waals surface area contributed by atoms with Crippen molar-refractivity contribution in [2.75, 3.05) is 0 Å². The fourth-order valence-corrected chi connectivity index (χ4v) is 6.82. The fourth-order valence-electron chi connectivity index (χ4n) is 5.79. The van der Waals surface area contributed by atoms with Gasteiger partial charge < -0.3 is 21.4 Å². The van der Waals surface area contributed by atoms with Gasteiger partial charge in [-0.1, -0.05) is 40.0 Å². The second kappa shape index (κ2) is 7.72. The summed E-state index contributed by atoms with van der Waals surface area (Å²) >= 11 is 0. The van der Waals surface area contributed by atoms with Crippen molar-refractivity contribution in [2.24, 2.45) is 17.8 Å². The molecule has 0 amide bonds. The van der Waals surface area contributed by atoms with Crippen LogP contribution in [-0.4, -0.2) is 31.4 Å². The van der Waals surface area contributed by atoms with E-state index in [1.807, 2.05) is 6.07 Å². The van der Waals surface area contributed by atoms with Gasteiger partial charge in [-0.3, -0.25) is 0 Å². The van der Waals surface area contributed by atoms with Crippen molar-refractivity contribution >= 4 is 31.4 Å². The van der Waals surface area contributed by atoms with E-state index in [0.717, 1.165) is 17.8 Å². The van der Waals surface area contributed by atoms with Gasteiger partial charge in [0.1, 0.15) is 0 Å². The molecule has 0 heterocycles. The van der Waals surface area contributed by atoms with Gasteiger partial charge in [0.15, 0.2) is 0 Å². The molecule has 26 heavy (non-hydrogen) atoms. The summed E-state index contributed by atoms with van der Waals surface area (Å²) in [5.74, 6) is 4.09. The summed E-state index contributed by atoms with van der Waals surface area (Å²) in [5.41, 5.74) is 1.89. The molecule has 1 aromatic rings. The number of halogens is 1. The third-order valence-corrected chi connectivity index (χ3v) is 11.9. The van der Waals surface area contributed by atoms with Crippen LogP contribution in [0.25, 0.3) is 0 Å². The molecule has 5 rings (SSSR count). The minimum Gasteiger partial charge on any atom is -1.00 e. The summed E-state index contributed by atoms with van der Waals surface area (Å²) in [6.07, 6.45) is 8.66. The quantitative estimate of drug-likeness (QED) is 0.513. The van der Waals surface area contributed by atoms with Crippen molar-refractivity contribution in [1.29, 1.82) is 0 Å². The molecule has 140 valence electrons. The van der Waals surface area contributed by atoms with Gasteiger partial charge in [0, 0.05) is 0 Å². The molecule has 4 bridgehead atoms. The van der Waals surface area contributed by atoms with Gasteiger partial charge in [-0.25, -0.2) is 0 Å². The van der Waals surface area contributed by atoms with Crippen LogP contribution >= 0.6 is 0 Å². The van der Waals surface area contributed by atoms with Gasteiger partial charge in [0.25, 0.3) is 0 Å².